The highest BCUT2D eigenvalue weighted by Gasteiger charge is 2.11. The predicted octanol–water partition coefficient (Wildman–Crippen LogP) is 2.10. The number of benzene rings is 1. The molecule has 1 aromatic carbocycles. The minimum atomic E-state index is -0.473. The number of hydrogen-bond acceptors (Lipinski definition) is 1. The minimum Gasteiger partial charge on any atom is -0.351 e. The van der Waals surface area contributed by atoms with Crippen molar-refractivity contribution in [2.45, 2.75) is 6.92 Å². The maximum atomic E-state index is 13.4. The average Bonchev–Trinajstić information content (AvgIpc) is 2.18. The molecule has 1 rings (SSSR count). The summed E-state index contributed by atoms with van der Waals surface area (Å²) < 4.78 is 13.4. The molecule has 0 atom stereocenters. The number of amides is 1. The molecule has 0 heterocycles. The van der Waals surface area contributed by atoms with Gasteiger partial charge in [0.2, 0.25) is 0 Å². The molecule has 0 aliphatic rings. The Balaban J connectivity index is 2.84. The Labute approximate surface area is 87.1 Å². The predicted molar refractivity (Wildman–Crippen MR) is 54.2 cm³/mol. The van der Waals surface area contributed by atoms with E-state index >= 15 is 0 Å². The molecule has 0 bridgehead atoms. The summed E-state index contributed by atoms with van der Waals surface area (Å²) in [5.41, 5.74) is 0.527. The number of alkyl halides is 1. The van der Waals surface area contributed by atoms with Gasteiger partial charge in [-0.15, -0.1) is 11.6 Å². The van der Waals surface area contributed by atoms with Gasteiger partial charge in [-0.05, 0) is 18.6 Å². The lowest BCUT2D eigenvalue weighted by atomic mass is 10.1. The Hall–Kier alpha value is -1.09. The first kappa shape index (κ1) is 11.0. The zero-order valence-electron chi connectivity index (χ0n) is 7.81. The van der Waals surface area contributed by atoms with Gasteiger partial charge in [-0.25, -0.2) is 4.39 Å². The summed E-state index contributed by atoms with van der Waals surface area (Å²) >= 11 is 5.40. The molecule has 0 aliphatic carbocycles. The molecule has 0 aliphatic heterocycles. The highest BCUT2D eigenvalue weighted by atomic mass is 35.5. The van der Waals surface area contributed by atoms with Crippen molar-refractivity contribution in [2.24, 2.45) is 0 Å². The number of nitrogens with one attached hydrogen (secondary N) is 1. The smallest absolute Gasteiger partial charge is 0.254 e. The van der Waals surface area contributed by atoms with Crippen molar-refractivity contribution in [2.75, 3.05) is 12.4 Å². The van der Waals surface area contributed by atoms with Crippen LogP contribution < -0.4 is 5.32 Å². The summed E-state index contributed by atoms with van der Waals surface area (Å²) in [4.78, 5) is 11.4. The third kappa shape index (κ3) is 2.45. The van der Waals surface area contributed by atoms with Crippen LogP contribution in [0.4, 0.5) is 4.39 Å². The van der Waals surface area contributed by atoms with Crippen molar-refractivity contribution in [1.82, 2.24) is 5.32 Å². The van der Waals surface area contributed by atoms with E-state index in [0.717, 1.165) is 0 Å². The monoisotopic (exact) mass is 215 g/mol. The summed E-state index contributed by atoms with van der Waals surface area (Å²) in [6, 6.07) is 4.72. The maximum absolute atomic E-state index is 13.4. The molecule has 14 heavy (non-hydrogen) atoms. The zero-order valence-corrected chi connectivity index (χ0v) is 8.57. The van der Waals surface area contributed by atoms with Gasteiger partial charge in [-0.1, -0.05) is 12.1 Å². The van der Waals surface area contributed by atoms with E-state index in [2.05, 4.69) is 5.32 Å². The molecule has 4 heteroatoms. The molecule has 76 valence electrons. The zero-order chi connectivity index (χ0) is 10.6. The lowest BCUT2D eigenvalue weighted by molar-refractivity contribution is 0.0952. The van der Waals surface area contributed by atoms with Crippen LogP contribution in [-0.4, -0.2) is 18.3 Å². The second-order valence-electron chi connectivity index (χ2n) is 2.88. The van der Waals surface area contributed by atoms with E-state index in [1.807, 2.05) is 0 Å². The fraction of sp³-hybridized carbons (Fsp3) is 0.300. The Morgan fingerprint density at radius 3 is 2.93 bits per heavy atom. The lowest BCUT2D eigenvalue weighted by Gasteiger charge is -2.05. The van der Waals surface area contributed by atoms with Crippen molar-refractivity contribution in [3.63, 3.8) is 0 Å². The number of carbonyl (C=O) groups excluding carboxylic acids is 1. The number of hydrogen-bond donors (Lipinski definition) is 1. The third-order valence-electron chi connectivity index (χ3n) is 1.82. The van der Waals surface area contributed by atoms with Crippen molar-refractivity contribution in [3.8, 4) is 0 Å². The molecule has 1 N–H and O–H groups in total. The molecule has 0 saturated heterocycles. The van der Waals surface area contributed by atoms with Crippen LogP contribution in [0.25, 0.3) is 0 Å². The maximum Gasteiger partial charge on any atom is 0.254 e. The molecule has 0 radical (unpaired) electrons. The van der Waals surface area contributed by atoms with Crippen molar-refractivity contribution in [3.05, 3.63) is 35.1 Å². The molecule has 1 amide bonds. The highest BCUT2D eigenvalue weighted by Crippen LogP contribution is 2.11. The molecule has 0 spiro atoms. The molecular weight excluding hydrogens is 205 g/mol. The first-order valence-electron chi connectivity index (χ1n) is 4.26. The van der Waals surface area contributed by atoms with Gasteiger partial charge < -0.3 is 5.32 Å². The van der Waals surface area contributed by atoms with Crippen LogP contribution in [0.15, 0.2) is 18.2 Å². The van der Waals surface area contributed by atoms with Gasteiger partial charge in [0, 0.05) is 12.4 Å². The Morgan fingerprint density at radius 1 is 1.57 bits per heavy atom. The molecule has 0 saturated carbocycles. The average molecular weight is 216 g/mol. The van der Waals surface area contributed by atoms with Gasteiger partial charge in [0.05, 0.1) is 5.56 Å². The SMILES string of the molecule is Cc1cccc(C(=O)NCCCl)c1F. The summed E-state index contributed by atoms with van der Waals surface area (Å²) in [6.45, 7) is 1.96. The normalized spacial score (nSPS) is 9.93. The van der Waals surface area contributed by atoms with E-state index in [9.17, 15) is 9.18 Å². The summed E-state index contributed by atoms with van der Waals surface area (Å²) in [6.07, 6.45) is 0. The summed E-state index contributed by atoms with van der Waals surface area (Å²) in [5, 5.41) is 2.51. The topological polar surface area (TPSA) is 29.1 Å². The van der Waals surface area contributed by atoms with Crippen molar-refractivity contribution >= 4 is 17.5 Å². The molecule has 0 unspecified atom stereocenters. The third-order valence-corrected chi connectivity index (χ3v) is 2.01. The second kappa shape index (κ2) is 4.96. The quantitative estimate of drug-likeness (QED) is 0.769. The van der Waals surface area contributed by atoms with Crippen molar-refractivity contribution in [1.29, 1.82) is 0 Å². The molecular formula is C10H11ClFNO. The molecule has 0 fully saturated rings. The van der Waals surface area contributed by atoms with Gasteiger partial charge in [0.25, 0.3) is 5.91 Å². The number of halogens is 2. The molecule has 0 aromatic heterocycles. The van der Waals surface area contributed by atoms with E-state index in [-0.39, 0.29) is 5.56 Å². The van der Waals surface area contributed by atoms with Crippen LogP contribution in [0.1, 0.15) is 15.9 Å². The Kier molecular flexibility index (Phi) is 3.89. The van der Waals surface area contributed by atoms with E-state index in [1.165, 1.54) is 6.07 Å². The van der Waals surface area contributed by atoms with Gasteiger partial charge in [0.15, 0.2) is 0 Å². The Bertz CT molecular complexity index is 341. The van der Waals surface area contributed by atoms with Crippen LogP contribution in [0.3, 0.4) is 0 Å². The second-order valence-corrected chi connectivity index (χ2v) is 3.26. The highest BCUT2D eigenvalue weighted by molar-refractivity contribution is 6.18. The van der Waals surface area contributed by atoms with Crippen LogP contribution in [0.2, 0.25) is 0 Å². The van der Waals surface area contributed by atoms with Gasteiger partial charge >= 0.3 is 0 Å². The fourth-order valence-corrected chi connectivity index (χ4v) is 1.17. The van der Waals surface area contributed by atoms with E-state index < -0.39 is 11.7 Å². The molecule has 2 nitrogen and oxygen atoms in total. The number of carbonyl (C=O) groups is 1. The summed E-state index contributed by atoms with van der Waals surface area (Å²) in [7, 11) is 0. The fourth-order valence-electron chi connectivity index (χ4n) is 1.08. The van der Waals surface area contributed by atoms with Crippen LogP contribution in [0.5, 0.6) is 0 Å². The van der Waals surface area contributed by atoms with E-state index in [0.29, 0.717) is 18.0 Å². The van der Waals surface area contributed by atoms with E-state index in [1.54, 1.807) is 19.1 Å². The number of aryl methyl sites for hydroxylation is 1. The van der Waals surface area contributed by atoms with E-state index in [4.69, 9.17) is 11.6 Å². The summed E-state index contributed by atoms with van der Waals surface area (Å²) in [5.74, 6) is -0.578. The van der Waals surface area contributed by atoms with Crippen LogP contribution in [-0.2, 0) is 0 Å². The van der Waals surface area contributed by atoms with Crippen LogP contribution >= 0.6 is 11.6 Å². The standard InChI is InChI=1S/C10H11ClFNO/c1-7-3-2-4-8(9(7)12)10(14)13-6-5-11/h2-4H,5-6H2,1H3,(H,13,14). The largest absolute Gasteiger partial charge is 0.351 e. The Morgan fingerprint density at radius 2 is 2.29 bits per heavy atom. The lowest BCUT2D eigenvalue weighted by Crippen LogP contribution is -2.26. The van der Waals surface area contributed by atoms with Crippen LogP contribution in [0, 0.1) is 12.7 Å². The first-order chi connectivity index (χ1) is 6.66. The number of rotatable bonds is 3. The van der Waals surface area contributed by atoms with Gasteiger partial charge in [-0.2, -0.15) is 0 Å². The molecule has 1 aromatic rings. The minimum absolute atomic E-state index is 0.0649. The first-order valence-corrected chi connectivity index (χ1v) is 4.79. The van der Waals surface area contributed by atoms with Gasteiger partial charge in [0.1, 0.15) is 5.82 Å². The van der Waals surface area contributed by atoms with Crippen molar-refractivity contribution < 1.29 is 9.18 Å². The van der Waals surface area contributed by atoms with Gasteiger partial charge in [-0.3, -0.25) is 4.79 Å².